The molecule has 2 rings (SSSR count). The van der Waals surface area contributed by atoms with Gasteiger partial charge in [0.15, 0.2) is 0 Å². The second kappa shape index (κ2) is 9.59. The predicted octanol–water partition coefficient (Wildman–Crippen LogP) is 1.93. The standard InChI is InChI=1S/C15H29N3O.ClH/c1-13-11-16-9-10-18(13)12-15(19)17-14-7-5-3-2-4-6-8-14;/h13-14,16H,2-12H2,1H3,(H,17,19);1H/t13-;/m1./s1. The molecule has 0 aromatic carbocycles. The van der Waals surface area contributed by atoms with Crippen LogP contribution >= 0.6 is 12.4 Å². The van der Waals surface area contributed by atoms with E-state index in [1.807, 2.05) is 0 Å². The Balaban J connectivity index is 0.00000200. The van der Waals surface area contributed by atoms with E-state index in [9.17, 15) is 4.79 Å². The zero-order chi connectivity index (χ0) is 13.5. The number of hydrogen-bond acceptors (Lipinski definition) is 3. The molecule has 1 heterocycles. The summed E-state index contributed by atoms with van der Waals surface area (Å²) in [5.74, 6) is 0.222. The highest BCUT2D eigenvalue weighted by molar-refractivity contribution is 5.85. The number of halogens is 1. The van der Waals surface area contributed by atoms with E-state index in [1.165, 1.54) is 44.9 Å². The van der Waals surface area contributed by atoms with Crippen molar-refractivity contribution in [1.29, 1.82) is 0 Å². The number of nitrogens with zero attached hydrogens (tertiary/aromatic N) is 1. The van der Waals surface area contributed by atoms with E-state index >= 15 is 0 Å². The first kappa shape index (κ1) is 17.7. The highest BCUT2D eigenvalue weighted by Crippen LogP contribution is 2.17. The van der Waals surface area contributed by atoms with Crippen LogP contribution in [0.25, 0.3) is 0 Å². The monoisotopic (exact) mass is 303 g/mol. The van der Waals surface area contributed by atoms with Crippen molar-refractivity contribution in [2.75, 3.05) is 26.2 Å². The third kappa shape index (κ3) is 5.98. The van der Waals surface area contributed by atoms with E-state index in [-0.39, 0.29) is 18.3 Å². The summed E-state index contributed by atoms with van der Waals surface area (Å²) in [4.78, 5) is 14.4. The van der Waals surface area contributed by atoms with Crippen molar-refractivity contribution >= 4 is 18.3 Å². The zero-order valence-corrected chi connectivity index (χ0v) is 13.5. The third-order valence-corrected chi connectivity index (χ3v) is 4.46. The van der Waals surface area contributed by atoms with Gasteiger partial charge in [0.2, 0.25) is 5.91 Å². The Morgan fingerprint density at radius 3 is 2.50 bits per heavy atom. The van der Waals surface area contributed by atoms with E-state index in [4.69, 9.17) is 0 Å². The van der Waals surface area contributed by atoms with Gasteiger partial charge in [-0.2, -0.15) is 0 Å². The van der Waals surface area contributed by atoms with Crippen molar-refractivity contribution in [3.63, 3.8) is 0 Å². The van der Waals surface area contributed by atoms with Crippen molar-refractivity contribution in [3.05, 3.63) is 0 Å². The van der Waals surface area contributed by atoms with E-state index in [0.717, 1.165) is 19.6 Å². The number of piperazine rings is 1. The molecule has 118 valence electrons. The van der Waals surface area contributed by atoms with Gasteiger partial charge in [-0.15, -0.1) is 12.4 Å². The van der Waals surface area contributed by atoms with E-state index in [2.05, 4.69) is 22.5 Å². The fourth-order valence-electron chi connectivity index (χ4n) is 3.18. The molecule has 5 heteroatoms. The van der Waals surface area contributed by atoms with Crippen LogP contribution in [0.2, 0.25) is 0 Å². The quantitative estimate of drug-likeness (QED) is 0.837. The topological polar surface area (TPSA) is 44.4 Å². The van der Waals surface area contributed by atoms with Crippen LogP contribution in [0.5, 0.6) is 0 Å². The Morgan fingerprint density at radius 1 is 1.20 bits per heavy atom. The van der Waals surface area contributed by atoms with Crippen LogP contribution in [-0.4, -0.2) is 49.1 Å². The van der Waals surface area contributed by atoms with Gasteiger partial charge in [0.1, 0.15) is 0 Å². The van der Waals surface area contributed by atoms with Crippen LogP contribution in [0.3, 0.4) is 0 Å². The second-order valence-corrected chi connectivity index (χ2v) is 6.13. The van der Waals surface area contributed by atoms with Crippen LogP contribution < -0.4 is 10.6 Å². The summed E-state index contributed by atoms with van der Waals surface area (Å²) in [6.07, 6.45) is 8.93. The largest absolute Gasteiger partial charge is 0.352 e. The molecule has 0 spiro atoms. The van der Waals surface area contributed by atoms with Gasteiger partial charge in [-0.1, -0.05) is 32.1 Å². The average Bonchev–Trinajstić information content (AvgIpc) is 2.35. The SMILES string of the molecule is C[C@@H]1CNCCN1CC(=O)NC1CCCCCCC1.Cl. The molecular formula is C15H30ClN3O. The first-order chi connectivity index (χ1) is 9.25. The fraction of sp³-hybridized carbons (Fsp3) is 0.933. The third-order valence-electron chi connectivity index (χ3n) is 4.46. The molecule has 0 unspecified atom stereocenters. The van der Waals surface area contributed by atoms with Crippen LogP contribution in [0.15, 0.2) is 0 Å². The predicted molar refractivity (Wildman–Crippen MR) is 85.4 cm³/mol. The Bertz CT molecular complexity index is 280. The fourth-order valence-corrected chi connectivity index (χ4v) is 3.18. The van der Waals surface area contributed by atoms with Gasteiger partial charge in [0.05, 0.1) is 6.54 Å². The molecule has 0 aromatic rings. The molecule has 0 aromatic heterocycles. The van der Waals surface area contributed by atoms with Gasteiger partial charge in [-0.3, -0.25) is 9.69 Å². The van der Waals surface area contributed by atoms with Crippen molar-refractivity contribution in [3.8, 4) is 0 Å². The Kier molecular flexibility index (Phi) is 8.50. The Hall–Kier alpha value is -0.320. The summed E-state index contributed by atoms with van der Waals surface area (Å²) in [7, 11) is 0. The minimum Gasteiger partial charge on any atom is -0.352 e. The lowest BCUT2D eigenvalue weighted by molar-refractivity contribution is -0.123. The van der Waals surface area contributed by atoms with Crippen molar-refractivity contribution < 1.29 is 4.79 Å². The normalized spacial score (nSPS) is 26.1. The molecule has 0 radical (unpaired) electrons. The van der Waals surface area contributed by atoms with E-state index in [1.54, 1.807) is 0 Å². The molecule has 1 amide bonds. The highest BCUT2D eigenvalue weighted by atomic mass is 35.5. The van der Waals surface area contributed by atoms with E-state index < -0.39 is 0 Å². The van der Waals surface area contributed by atoms with Crippen LogP contribution in [0.1, 0.15) is 51.9 Å². The zero-order valence-electron chi connectivity index (χ0n) is 12.7. The summed E-state index contributed by atoms with van der Waals surface area (Å²) >= 11 is 0. The van der Waals surface area contributed by atoms with Crippen LogP contribution in [0.4, 0.5) is 0 Å². The van der Waals surface area contributed by atoms with Crippen molar-refractivity contribution in [2.45, 2.75) is 64.0 Å². The summed E-state index contributed by atoms with van der Waals surface area (Å²) in [5.41, 5.74) is 0. The van der Waals surface area contributed by atoms with Gasteiger partial charge in [0.25, 0.3) is 0 Å². The summed E-state index contributed by atoms with van der Waals surface area (Å²) < 4.78 is 0. The van der Waals surface area contributed by atoms with E-state index in [0.29, 0.717) is 18.6 Å². The van der Waals surface area contributed by atoms with Gasteiger partial charge in [-0.05, 0) is 19.8 Å². The molecule has 0 bridgehead atoms. The lowest BCUT2D eigenvalue weighted by Gasteiger charge is -2.33. The maximum absolute atomic E-state index is 12.2. The molecule has 1 saturated carbocycles. The lowest BCUT2D eigenvalue weighted by atomic mass is 9.97. The van der Waals surface area contributed by atoms with Crippen LogP contribution in [0, 0.1) is 0 Å². The van der Waals surface area contributed by atoms with Gasteiger partial charge < -0.3 is 10.6 Å². The Morgan fingerprint density at radius 2 is 1.85 bits per heavy atom. The van der Waals surface area contributed by atoms with Gasteiger partial charge in [-0.25, -0.2) is 0 Å². The molecule has 4 nitrogen and oxygen atoms in total. The number of nitrogens with one attached hydrogen (secondary N) is 2. The van der Waals surface area contributed by atoms with Crippen molar-refractivity contribution in [2.24, 2.45) is 0 Å². The summed E-state index contributed by atoms with van der Waals surface area (Å²) in [6.45, 7) is 5.74. The van der Waals surface area contributed by atoms with Crippen molar-refractivity contribution in [1.82, 2.24) is 15.5 Å². The average molecular weight is 304 g/mol. The molecule has 1 aliphatic carbocycles. The molecule has 1 saturated heterocycles. The van der Waals surface area contributed by atoms with Gasteiger partial charge >= 0.3 is 0 Å². The molecule has 20 heavy (non-hydrogen) atoms. The smallest absolute Gasteiger partial charge is 0.234 e. The molecular weight excluding hydrogens is 274 g/mol. The minimum atomic E-state index is 0. The molecule has 1 aliphatic heterocycles. The summed E-state index contributed by atoms with van der Waals surface area (Å²) in [5, 5.41) is 6.61. The molecule has 2 fully saturated rings. The number of carbonyl (C=O) groups excluding carboxylic acids is 1. The number of amides is 1. The maximum atomic E-state index is 12.2. The first-order valence-corrected chi connectivity index (χ1v) is 8.00. The number of carbonyl (C=O) groups is 1. The lowest BCUT2D eigenvalue weighted by Crippen LogP contribution is -2.53. The van der Waals surface area contributed by atoms with Crippen LogP contribution in [-0.2, 0) is 4.79 Å². The summed E-state index contributed by atoms with van der Waals surface area (Å²) in [6, 6.07) is 0.892. The molecule has 1 atom stereocenters. The number of hydrogen-bond donors (Lipinski definition) is 2. The molecule has 2 aliphatic rings. The highest BCUT2D eigenvalue weighted by Gasteiger charge is 2.21. The second-order valence-electron chi connectivity index (χ2n) is 6.13. The minimum absolute atomic E-state index is 0. The maximum Gasteiger partial charge on any atom is 0.234 e. The first-order valence-electron chi connectivity index (χ1n) is 8.00. The molecule has 2 N–H and O–H groups in total. The van der Waals surface area contributed by atoms with Gasteiger partial charge in [0, 0.05) is 31.7 Å². The Labute approximate surface area is 129 Å². The number of rotatable bonds is 3.